The molecule has 0 spiro atoms. The molecule has 1 heterocycles. The first-order valence-electron chi connectivity index (χ1n) is 11.5. The summed E-state index contributed by atoms with van der Waals surface area (Å²) in [6.07, 6.45) is 1.80. The zero-order valence-corrected chi connectivity index (χ0v) is 22.5. The van der Waals surface area contributed by atoms with Gasteiger partial charge >= 0.3 is 0 Å². The fraction of sp³-hybridized carbons (Fsp3) is 0.241. The minimum Gasteiger partial charge on any atom is -0.493 e. The van der Waals surface area contributed by atoms with E-state index in [4.69, 9.17) is 9.47 Å². The van der Waals surface area contributed by atoms with Gasteiger partial charge in [-0.15, -0.1) is 0 Å². The van der Waals surface area contributed by atoms with E-state index in [1.165, 1.54) is 12.0 Å². The smallest absolute Gasteiger partial charge is 0.259 e. The molecule has 0 aliphatic carbocycles. The van der Waals surface area contributed by atoms with Crippen LogP contribution in [0.2, 0.25) is 0 Å². The normalized spacial score (nSPS) is 18.6. The van der Waals surface area contributed by atoms with E-state index in [0.29, 0.717) is 28.3 Å². The first-order chi connectivity index (χ1) is 17.1. The first kappa shape index (κ1) is 25.5. The molecule has 1 unspecified atom stereocenters. The van der Waals surface area contributed by atoms with Gasteiger partial charge < -0.3 is 14.8 Å². The number of halogens is 1. The maximum atomic E-state index is 14.2. The molecule has 0 aromatic heterocycles. The molecule has 3 aromatic carbocycles. The Hall–Kier alpha value is -3.58. The SMILES string of the molecule is COc1ccc(N2C(=O)/C(=C\c3ccccc3)C2(C(=O)NC(C)(C)C)c2ccc(Br)cc2)cc1OC. The van der Waals surface area contributed by atoms with Crippen LogP contribution in [0, 0.1) is 0 Å². The average molecular weight is 549 g/mol. The molecule has 0 radical (unpaired) electrons. The predicted molar refractivity (Wildman–Crippen MR) is 145 cm³/mol. The van der Waals surface area contributed by atoms with Gasteiger partial charge in [-0.05, 0) is 62.2 Å². The van der Waals surface area contributed by atoms with Crippen LogP contribution in [-0.4, -0.2) is 31.6 Å². The summed E-state index contributed by atoms with van der Waals surface area (Å²) in [5, 5.41) is 3.12. The molecule has 1 fully saturated rings. The Balaban J connectivity index is 2.00. The van der Waals surface area contributed by atoms with Crippen molar-refractivity contribution in [3.05, 3.63) is 94.0 Å². The van der Waals surface area contributed by atoms with Gasteiger partial charge in [0.1, 0.15) is 0 Å². The van der Waals surface area contributed by atoms with Crippen LogP contribution in [0.1, 0.15) is 31.9 Å². The van der Waals surface area contributed by atoms with Crippen LogP contribution < -0.4 is 19.7 Å². The summed E-state index contributed by atoms with van der Waals surface area (Å²) in [4.78, 5) is 29.6. The van der Waals surface area contributed by atoms with E-state index in [1.54, 1.807) is 31.4 Å². The van der Waals surface area contributed by atoms with Gasteiger partial charge in [0, 0.05) is 21.8 Å². The van der Waals surface area contributed by atoms with Crippen LogP contribution in [0.5, 0.6) is 11.5 Å². The Morgan fingerprint density at radius 1 is 0.944 bits per heavy atom. The number of carbonyl (C=O) groups is 2. The van der Waals surface area contributed by atoms with Crippen molar-refractivity contribution in [3.8, 4) is 11.5 Å². The lowest BCUT2D eigenvalue weighted by atomic mass is 9.70. The third kappa shape index (κ3) is 4.51. The van der Waals surface area contributed by atoms with Gasteiger partial charge in [0.05, 0.1) is 19.8 Å². The van der Waals surface area contributed by atoms with Crippen LogP contribution in [0.25, 0.3) is 6.08 Å². The van der Waals surface area contributed by atoms with Crippen molar-refractivity contribution in [3.63, 3.8) is 0 Å². The van der Waals surface area contributed by atoms with E-state index in [2.05, 4.69) is 21.2 Å². The Morgan fingerprint density at radius 3 is 2.17 bits per heavy atom. The predicted octanol–water partition coefficient (Wildman–Crippen LogP) is 5.71. The topological polar surface area (TPSA) is 67.9 Å². The number of nitrogens with zero attached hydrogens (tertiary/aromatic N) is 1. The van der Waals surface area contributed by atoms with Crippen molar-refractivity contribution >= 4 is 39.5 Å². The van der Waals surface area contributed by atoms with Crippen molar-refractivity contribution in [2.24, 2.45) is 0 Å². The van der Waals surface area contributed by atoms with E-state index < -0.39 is 11.1 Å². The molecule has 0 bridgehead atoms. The van der Waals surface area contributed by atoms with Gasteiger partial charge in [0.2, 0.25) is 0 Å². The van der Waals surface area contributed by atoms with Crippen molar-refractivity contribution in [1.82, 2.24) is 5.32 Å². The second kappa shape index (κ2) is 9.82. The molecule has 1 aliphatic heterocycles. The quantitative estimate of drug-likeness (QED) is 0.316. The number of ether oxygens (including phenoxy) is 2. The van der Waals surface area contributed by atoms with Crippen molar-refractivity contribution < 1.29 is 19.1 Å². The molecule has 36 heavy (non-hydrogen) atoms. The molecule has 6 nitrogen and oxygen atoms in total. The summed E-state index contributed by atoms with van der Waals surface area (Å²) in [6.45, 7) is 5.76. The van der Waals surface area contributed by atoms with Crippen LogP contribution in [0.3, 0.4) is 0 Å². The summed E-state index contributed by atoms with van der Waals surface area (Å²) in [5.41, 5.74) is 0.476. The highest BCUT2D eigenvalue weighted by Gasteiger charge is 2.63. The Labute approximate surface area is 220 Å². The molecular formula is C29H29BrN2O4. The molecule has 3 aromatic rings. The molecule has 2 amide bonds. The number of nitrogens with one attached hydrogen (secondary N) is 1. The number of benzene rings is 3. The molecule has 1 atom stereocenters. The Kier molecular flexibility index (Phi) is 6.96. The molecule has 1 aliphatic rings. The van der Waals surface area contributed by atoms with E-state index in [9.17, 15) is 9.59 Å². The second-order valence-corrected chi connectivity index (χ2v) is 10.5. The standard InChI is InChI=1S/C29H29BrN2O4/c1-28(2,3)31-27(34)29(20-11-13-21(30)14-12-20)23(17-19-9-7-6-8-10-19)26(33)32(29)22-15-16-24(35-4)25(18-22)36-5/h6-18H,1-5H3,(H,31,34)/b23-17+. The van der Waals surface area contributed by atoms with E-state index in [-0.39, 0.29) is 11.8 Å². The minimum absolute atomic E-state index is 0.266. The molecule has 1 saturated heterocycles. The van der Waals surface area contributed by atoms with Gasteiger partial charge in [-0.3, -0.25) is 14.5 Å². The van der Waals surface area contributed by atoms with E-state index in [0.717, 1.165) is 10.0 Å². The summed E-state index contributed by atoms with van der Waals surface area (Å²) < 4.78 is 11.8. The Bertz CT molecular complexity index is 1310. The summed E-state index contributed by atoms with van der Waals surface area (Å²) >= 11 is 3.49. The fourth-order valence-corrected chi connectivity index (χ4v) is 4.68. The van der Waals surface area contributed by atoms with Gasteiger partial charge in [-0.25, -0.2) is 0 Å². The lowest BCUT2D eigenvalue weighted by Gasteiger charge is -2.53. The lowest BCUT2D eigenvalue weighted by Crippen LogP contribution is -2.71. The number of carbonyl (C=O) groups excluding carboxylic acids is 2. The van der Waals surface area contributed by atoms with Gasteiger partial charge in [0.15, 0.2) is 17.0 Å². The number of hydrogen-bond donors (Lipinski definition) is 1. The zero-order valence-electron chi connectivity index (χ0n) is 21.0. The number of anilines is 1. The maximum Gasteiger partial charge on any atom is 0.259 e. The van der Waals surface area contributed by atoms with Gasteiger partial charge in [0.25, 0.3) is 11.8 Å². The highest BCUT2D eigenvalue weighted by Crippen LogP contribution is 2.51. The number of amides is 2. The van der Waals surface area contributed by atoms with Crippen LogP contribution in [0.4, 0.5) is 5.69 Å². The van der Waals surface area contributed by atoms with E-state index in [1.807, 2.05) is 75.4 Å². The third-order valence-electron chi connectivity index (χ3n) is 5.97. The maximum absolute atomic E-state index is 14.2. The van der Waals surface area contributed by atoms with Crippen molar-refractivity contribution in [2.75, 3.05) is 19.1 Å². The third-order valence-corrected chi connectivity index (χ3v) is 6.50. The molecule has 7 heteroatoms. The highest BCUT2D eigenvalue weighted by molar-refractivity contribution is 9.10. The van der Waals surface area contributed by atoms with Crippen LogP contribution >= 0.6 is 15.9 Å². The molecule has 0 saturated carbocycles. The van der Waals surface area contributed by atoms with Crippen LogP contribution in [0.15, 0.2) is 82.8 Å². The fourth-order valence-electron chi connectivity index (χ4n) is 4.41. The monoisotopic (exact) mass is 548 g/mol. The van der Waals surface area contributed by atoms with E-state index >= 15 is 0 Å². The van der Waals surface area contributed by atoms with Gasteiger partial charge in [-0.1, -0.05) is 58.4 Å². The zero-order chi connectivity index (χ0) is 26.1. The van der Waals surface area contributed by atoms with Gasteiger partial charge in [-0.2, -0.15) is 0 Å². The number of rotatable bonds is 6. The largest absolute Gasteiger partial charge is 0.493 e. The molecule has 4 rings (SSSR count). The molecule has 186 valence electrons. The van der Waals surface area contributed by atoms with Crippen molar-refractivity contribution in [2.45, 2.75) is 31.8 Å². The molecular weight excluding hydrogens is 520 g/mol. The summed E-state index contributed by atoms with van der Waals surface area (Å²) in [5.74, 6) is 0.429. The Morgan fingerprint density at radius 2 is 1.58 bits per heavy atom. The van der Waals surface area contributed by atoms with Crippen LogP contribution in [-0.2, 0) is 15.1 Å². The summed E-state index contributed by atoms with van der Waals surface area (Å²) in [6, 6.07) is 22.2. The minimum atomic E-state index is -1.40. The number of methoxy groups -OCH3 is 2. The highest BCUT2D eigenvalue weighted by atomic mass is 79.9. The molecule has 1 N–H and O–H groups in total. The summed E-state index contributed by atoms with van der Waals surface area (Å²) in [7, 11) is 3.09. The van der Waals surface area contributed by atoms with Crippen molar-refractivity contribution in [1.29, 1.82) is 0 Å². The number of β-lactam (4-membered cyclic amide) rings is 1. The average Bonchev–Trinajstić information content (AvgIpc) is 2.85. The lowest BCUT2D eigenvalue weighted by molar-refractivity contribution is -0.135. The first-order valence-corrected chi connectivity index (χ1v) is 12.3. The second-order valence-electron chi connectivity index (χ2n) is 9.57. The number of hydrogen-bond acceptors (Lipinski definition) is 4.